The van der Waals surface area contributed by atoms with E-state index in [-0.39, 0.29) is 17.5 Å². The van der Waals surface area contributed by atoms with Crippen molar-refractivity contribution in [2.45, 2.75) is 20.8 Å². The van der Waals surface area contributed by atoms with Gasteiger partial charge in [0, 0.05) is 23.2 Å². The van der Waals surface area contributed by atoms with Crippen LogP contribution in [-0.2, 0) is 4.79 Å². The van der Waals surface area contributed by atoms with Gasteiger partial charge in [0.25, 0.3) is 5.69 Å². The Hall–Kier alpha value is -2.96. The number of nitrogens with one attached hydrogen (secondary N) is 1. The summed E-state index contributed by atoms with van der Waals surface area (Å²) in [5, 5.41) is 13.5. The smallest absolute Gasteiger partial charge is 0.288 e. The topological polar surface area (TPSA) is 94.4 Å². The minimum atomic E-state index is -0.504. The third-order valence-corrected chi connectivity index (χ3v) is 3.09. The van der Waals surface area contributed by atoms with E-state index < -0.39 is 4.92 Å². The maximum atomic E-state index is 11.6. The molecule has 0 radical (unpaired) electrons. The van der Waals surface area contributed by atoms with Crippen LogP contribution in [0.5, 0.6) is 11.6 Å². The molecular weight excluding hydrogens is 298 g/mol. The molecular formula is C16H17N3O4. The predicted octanol–water partition coefficient (Wildman–Crippen LogP) is 3.69. The molecule has 0 aliphatic heterocycles. The Kier molecular flexibility index (Phi) is 4.90. The number of carbonyl (C=O) groups excluding carboxylic acids is 1. The fraction of sp³-hybridized carbons (Fsp3) is 0.250. The summed E-state index contributed by atoms with van der Waals surface area (Å²) < 4.78 is 5.60. The largest absolute Gasteiger partial charge is 0.439 e. The van der Waals surface area contributed by atoms with Crippen LogP contribution in [0, 0.1) is 23.0 Å². The Balaban J connectivity index is 2.09. The Morgan fingerprint density at radius 2 is 1.96 bits per heavy atom. The normalized spacial score (nSPS) is 10.4. The van der Waals surface area contributed by atoms with Crippen LogP contribution in [0.3, 0.4) is 0 Å². The second-order valence-electron chi connectivity index (χ2n) is 5.34. The van der Waals surface area contributed by atoms with Crippen LogP contribution in [0.15, 0.2) is 36.5 Å². The van der Waals surface area contributed by atoms with Gasteiger partial charge >= 0.3 is 0 Å². The van der Waals surface area contributed by atoms with Gasteiger partial charge in [0.05, 0.1) is 4.92 Å². The van der Waals surface area contributed by atoms with Gasteiger partial charge in [-0.15, -0.1) is 0 Å². The van der Waals surface area contributed by atoms with E-state index in [0.29, 0.717) is 22.9 Å². The van der Waals surface area contributed by atoms with Crippen molar-refractivity contribution in [2.75, 3.05) is 5.32 Å². The van der Waals surface area contributed by atoms with Crippen molar-refractivity contribution >= 4 is 17.3 Å². The number of aromatic nitrogens is 1. The van der Waals surface area contributed by atoms with Crippen molar-refractivity contribution in [1.29, 1.82) is 0 Å². The molecule has 120 valence electrons. The number of ether oxygens (including phenoxy) is 1. The highest BCUT2D eigenvalue weighted by Gasteiger charge is 2.11. The zero-order chi connectivity index (χ0) is 17.0. The molecule has 7 heteroatoms. The zero-order valence-corrected chi connectivity index (χ0v) is 13.1. The van der Waals surface area contributed by atoms with E-state index in [0.717, 1.165) is 6.20 Å². The molecule has 2 aromatic rings. The highest BCUT2D eigenvalue weighted by Crippen LogP contribution is 2.26. The van der Waals surface area contributed by atoms with Crippen LogP contribution in [0.4, 0.5) is 11.4 Å². The van der Waals surface area contributed by atoms with Gasteiger partial charge in [-0.05, 0) is 31.2 Å². The van der Waals surface area contributed by atoms with Gasteiger partial charge in [-0.25, -0.2) is 4.98 Å². The van der Waals surface area contributed by atoms with E-state index in [9.17, 15) is 14.9 Å². The van der Waals surface area contributed by atoms with E-state index in [1.165, 1.54) is 6.07 Å². The first-order chi connectivity index (χ1) is 10.9. The highest BCUT2D eigenvalue weighted by molar-refractivity contribution is 5.92. The van der Waals surface area contributed by atoms with Gasteiger partial charge in [0.2, 0.25) is 11.8 Å². The number of amides is 1. The van der Waals surface area contributed by atoms with E-state index in [2.05, 4.69) is 10.3 Å². The van der Waals surface area contributed by atoms with E-state index in [1.807, 2.05) is 13.8 Å². The standard InChI is InChI=1S/C16H17N3O4/c1-10(2)15(20)18-12-4-6-14(7-5-12)23-16-11(3)8-13(9-17-16)19(21)22/h4-10H,1-3H3,(H,18,20). The molecule has 2 rings (SSSR count). The average Bonchev–Trinajstić information content (AvgIpc) is 2.50. The first kappa shape index (κ1) is 16.4. The second kappa shape index (κ2) is 6.87. The van der Waals surface area contributed by atoms with E-state index >= 15 is 0 Å². The predicted molar refractivity (Wildman–Crippen MR) is 85.6 cm³/mol. The molecule has 0 aliphatic rings. The summed E-state index contributed by atoms with van der Waals surface area (Å²) in [4.78, 5) is 25.7. The second-order valence-corrected chi connectivity index (χ2v) is 5.34. The first-order valence-corrected chi connectivity index (χ1v) is 7.06. The zero-order valence-electron chi connectivity index (χ0n) is 13.1. The molecule has 0 unspecified atom stereocenters. The number of hydrogen-bond donors (Lipinski definition) is 1. The number of nitrogens with zero attached hydrogens (tertiary/aromatic N) is 2. The van der Waals surface area contributed by atoms with Crippen LogP contribution in [-0.4, -0.2) is 15.8 Å². The number of hydrogen-bond acceptors (Lipinski definition) is 5. The van der Waals surface area contributed by atoms with Gasteiger partial charge in [-0.2, -0.15) is 0 Å². The Morgan fingerprint density at radius 1 is 1.30 bits per heavy atom. The quantitative estimate of drug-likeness (QED) is 0.670. The Morgan fingerprint density at radius 3 is 2.48 bits per heavy atom. The minimum Gasteiger partial charge on any atom is -0.439 e. The number of benzene rings is 1. The maximum Gasteiger partial charge on any atom is 0.288 e. The lowest BCUT2D eigenvalue weighted by Crippen LogP contribution is -2.17. The molecule has 1 aromatic carbocycles. The van der Waals surface area contributed by atoms with Crippen LogP contribution in [0.25, 0.3) is 0 Å². The molecule has 1 heterocycles. The Bertz CT molecular complexity index is 727. The molecule has 1 aromatic heterocycles. The Labute approximate surface area is 133 Å². The number of nitro groups is 1. The monoisotopic (exact) mass is 315 g/mol. The third-order valence-electron chi connectivity index (χ3n) is 3.09. The van der Waals surface area contributed by atoms with Crippen LogP contribution >= 0.6 is 0 Å². The van der Waals surface area contributed by atoms with E-state index in [4.69, 9.17) is 4.74 Å². The van der Waals surface area contributed by atoms with Crippen LogP contribution in [0.1, 0.15) is 19.4 Å². The van der Waals surface area contributed by atoms with Gasteiger partial charge in [-0.3, -0.25) is 14.9 Å². The third kappa shape index (κ3) is 4.26. The van der Waals surface area contributed by atoms with E-state index in [1.54, 1.807) is 31.2 Å². The van der Waals surface area contributed by atoms with Crippen molar-refractivity contribution in [3.8, 4) is 11.6 Å². The molecule has 7 nitrogen and oxygen atoms in total. The number of rotatable bonds is 5. The number of anilines is 1. The van der Waals surface area contributed by atoms with Crippen LogP contribution < -0.4 is 10.1 Å². The summed E-state index contributed by atoms with van der Waals surface area (Å²) in [6.45, 7) is 5.32. The van der Waals surface area contributed by atoms with Crippen LogP contribution in [0.2, 0.25) is 0 Å². The molecule has 1 N–H and O–H groups in total. The first-order valence-electron chi connectivity index (χ1n) is 7.06. The lowest BCUT2D eigenvalue weighted by molar-refractivity contribution is -0.385. The van der Waals surface area contributed by atoms with Gasteiger partial charge in [0.15, 0.2) is 0 Å². The molecule has 1 amide bonds. The fourth-order valence-corrected chi connectivity index (χ4v) is 1.76. The summed E-state index contributed by atoms with van der Waals surface area (Å²) in [5.41, 5.74) is 1.16. The van der Waals surface area contributed by atoms with Crippen molar-refractivity contribution in [1.82, 2.24) is 4.98 Å². The molecule has 0 fully saturated rings. The summed E-state index contributed by atoms with van der Waals surface area (Å²) in [7, 11) is 0. The lowest BCUT2D eigenvalue weighted by atomic mass is 10.2. The van der Waals surface area contributed by atoms with Gasteiger partial charge in [0.1, 0.15) is 11.9 Å². The van der Waals surface area contributed by atoms with Crippen molar-refractivity contribution < 1.29 is 14.5 Å². The number of pyridine rings is 1. The summed E-state index contributed by atoms with van der Waals surface area (Å²) >= 11 is 0. The molecule has 0 spiro atoms. The molecule has 0 atom stereocenters. The number of aryl methyl sites for hydroxylation is 1. The fourth-order valence-electron chi connectivity index (χ4n) is 1.76. The maximum absolute atomic E-state index is 11.6. The number of carbonyl (C=O) groups is 1. The summed E-state index contributed by atoms with van der Waals surface area (Å²) in [6, 6.07) is 8.23. The molecule has 0 aliphatic carbocycles. The lowest BCUT2D eigenvalue weighted by Gasteiger charge is -2.10. The van der Waals surface area contributed by atoms with Crippen molar-refractivity contribution in [2.24, 2.45) is 5.92 Å². The summed E-state index contributed by atoms with van der Waals surface area (Å²) in [5.74, 6) is 0.663. The van der Waals surface area contributed by atoms with Crippen molar-refractivity contribution in [3.63, 3.8) is 0 Å². The molecule has 0 saturated carbocycles. The van der Waals surface area contributed by atoms with Gasteiger partial charge < -0.3 is 10.1 Å². The molecule has 0 saturated heterocycles. The van der Waals surface area contributed by atoms with Gasteiger partial charge in [-0.1, -0.05) is 13.8 Å². The average molecular weight is 315 g/mol. The SMILES string of the molecule is Cc1cc([N+](=O)[O-])cnc1Oc1ccc(NC(=O)C(C)C)cc1. The highest BCUT2D eigenvalue weighted by atomic mass is 16.6. The van der Waals surface area contributed by atoms with Crippen molar-refractivity contribution in [3.05, 3.63) is 52.2 Å². The minimum absolute atomic E-state index is 0.0634. The molecule has 23 heavy (non-hydrogen) atoms. The summed E-state index contributed by atoms with van der Waals surface area (Å²) in [6.07, 6.45) is 1.15. The molecule has 0 bridgehead atoms.